The van der Waals surface area contributed by atoms with E-state index in [4.69, 9.17) is 37.9 Å². The van der Waals surface area contributed by atoms with Crippen molar-refractivity contribution in [2.45, 2.75) is 64.3 Å². The standard InChI is InChI=1S/C46H52O10/c1-3-43(47)51-29-9-5-7-27-49-41-23-19-39(20-24-41)37-15-11-35(12-16-37)33-55-45-46(54-32-31-53-45)56-34-36-13-17-38(18-14-36)40-21-25-42(26-22-40)50-28-8-6-10-30-52-44(48)4-2/h3-4,11-26,45-46H,1-2,5-10,27-34H2. The molecule has 10 heteroatoms. The van der Waals surface area contributed by atoms with Crippen LogP contribution in [0.3, 0.4) is 0 Å². The largest absolute Gasteiger partial charge is 0.494 e. The molecule has 296 valence electrons. The molecule has 1 saturated heterocycles. The van der Waals surface area contributed by atoms with Gasteiger partial charge in [-0.15, -0.1) is 0 Å². The van der Waals surface area contributed by atoms with Crippen molar-refractivity contribution in [1.82, 2.24) is 0 Å². The van der Waals surface area contributed by atoms with Crippen LogP contribution in [-0.2, 0) is 51.2 Å². The number of ether oxygens (including phenoxy) is 8. The van der Waals surface area contributed by atoms with Gasteiger partial charge in [0.25, 0.3) is 0 Å². The molecule has 0 N–H and O–H groups in total. The van der Waals surface area contributed by atoms with E-state index in [1.54, 1.807) is 0 Å². The zero-order chi connectivity index (χ0) is 39.2. The predicted molar refractivity (Wildman–Crippen MR) is 214 cm³/mol. The molecule has 2 atom stereocenters. The average Bonchev–Trinajstić information content (AvgIpc) is 3.25. The third-order valence-electron chi connectivity index (χ3n) is 8.92. The minimum absolute atomic E-state index is 0.352. The molecule has 1 aliphatic heterocycles. The van der Waals surface area contributed by atoms with Crippen molar-refractivity contribution >= 4 is 11.9 Å². The predicted octanol–water partition coefficient (Wildman–Crippen LogP) is 9.01. The molecule has 1 heterocycles. The highest BCUT2D eigenvalue weighted by Crippen LogP contribution is 2.26. The first-order chi connectivity index (χ1) is 27.5. The molecule has 0 radical (unpaired) electrons. The van der Waals surface area contributed by atoms with Crippen LogP contribution in [0.1, 0.15) is 49.7 Å². The third kappa shape index (κ3) is 14.4. The van der Waals surface area contributed by atoms with Crippen LogP contribution in [0, 0.1) is 0 Å². The summed E-state index contributed by atoms with van der Waals surface area (Å²) < 4.78 is 45.7. The monoisotopic (exact) mass is 764 g/mol. The normalized spacial score (nSPS) is 15.1. The summed E-state index contributed by atoms with van der Waals surface area (Å²) in [6.45, 7) is 10.4. The van der Waals surface area contributed by atoms with Gasteiger partial charge in [-0.05, 0) is 96.2 Å². The number of benzene rings is 4. The molecule has 56 heavy (non-hydrogen) atoms. The van der Waals surface area contributed by atoms with Gasteiger partial charge in [0.2, 0.25) is 12.6 Å². The van der Waals surface area contributed by atoms with Crippen molar-refractivity contribution < 1.29 is 47.5 Å². The van der Waals surface area contributed by atoms with Crippen LogP contribution in [0.4, 0.5) is 0 Å². The van der Waals surface area contributed by atoms with E-state index in [1.165, 1.54) is 12.2 Å². The maximum absolute atomic E-state index is 11.1. The Labute approximate surface area is 329 Å². The lowest BCUT2D eigenvalue weighted by molar-refractivity contribution is -0.326. The molecule has 4 aromatic rings. The van der Waals surface area contributed by atoms with Gasteiger partial charge in [0.1, 0.15) is 11.5 Å². The molecule has 5 rings (SSSR count). The van der Waals surface area contributed by atoms with E-state index >= 15 is 0 Å². The van der Waals surface area contributed by atoms with Crippen molar-refractivity contribution in [3.63, 3.8) is 0 Å². The minimum atomic E-state index is -0.646. The van der Waals surface area contributed by atoms with Crippen molar-refractivity contribution in [2.24, 2.45) is 0 Å². The number of hydrogen-bond acceptors (Lipinski definition) is 10. The molecule has 0 amide bonds. The molecular weight excluding hydrogens is 712 g/mol. The van der Waals surface area contributed by atoms with Crippen LogP contribution in [0.5, 0.6) is 11.5 Å². The van der Waals surface area contributed by atoms with Crippen molar-refractivity contribution in [3.8, 4) is 33.8 Å². The van der Waals surface area contributed by atoms with Crippen LogP contribution in [-0.4, -0.2) is 64.2 Å². The zero-order valence-corrected chi connectivity index (χ0v) is 31.9. The molecular formula is C46H52O10. The molecule has 0 saturated carbocycles. The van der Waals surface area contributed by atoms with Crippen LogP contribution in [0.15, 0.2) is 122 Å². The molecule has 0 bridgehead atoms. The molecule has 0 spiro atoms. The second-order valence-corrected chi connectivity index (χ2v) is 13.1. The van der Waals surface area contributed by atoms with Crippen molar-refractivity contribution in [1.29, 1.82) is 0 Å². The Hall–Kier alpha value is -5.26. The fourth-order valence-corrected chi connectivity index (χ4v) is 5.78. The van der Waals surface area contributed by atoms with Gasteiger partial charge in [-0.2, -0.15) is 0 Å². The summed E-state index contributed by atoms with van der Waals surface area (Å²) in [4.78, 5) is 22.2. The lowest BCUT2D eigenvalue weighted by Crippen LogP contribution is -2.41. The third-order valence-corrected chi connectivity index (χ3v) is 8.92. The zero-order valence-electron chi connectivity index (χ0n) is 31.9. The highest BCUT2D eigenvalue weighted by Gasteiger charge is 2.28. The van der Waals surface area contributed by atoms with Gasteiger partial charge in [-0.3, -0.25) is 0 Å². The smallest absolute Gasteiger partial charge is 0.330 e. The molecule has 1 aliphatic rings. The number of carbonyl (C=O) groups excluding carboxylic acids is 2. The molecule has 4 aromatic carbocycles. The maximum Gasteiger partial charge on any atom is 0.330 e. The van der Waals surface area contributed by atoms with E-state index in [0.717, 1.165) is 83.4 Å². The van der Waals surface area contributed by atoms with Gasteiger partial charge in [0.15, 0.2) is 0 Å². The molecule has 0 aliphatic carbocycles. The summed E-state index contributed by atoms with van der Waals surface area (Å²) in [5.41, 5.74) is 6.39. The summed E-state index contributed by atoms with van der Waals surface area (Å²) in [5.74, 6) is 0.868. The quantitative estimate of drug-likeness (QED) is 0.0390. The summed E-state index contributed by atoms with van der Waals surface area (Å²) in [6.07, 6.45) is 6.26. The van der Waals surface area contributed by atoms with Gasteiger partial charge in [0, 0.05) is 12.2 Å². The fourth-order valence-electron chi connectivity index (χ4n) is 5.78. The van der Waals surface area contributed by atoms with Crippen molar-refractivity contribution in [3.05, 3.63) is 133 Å². The maximum atomic E-state index is 11.1. The number of unbranched alkanes of at least 4 members (excludes halogenated alkanes) is 4. The second kappa shape index (κ2) is 23.6. The number of hydrogen-bond donors (Lipinski definition) is 0. The Morgan fingerprint density at radius 3 is 1.20 bits per heavy atom. The van der Waals surface area contributed by atoms with Gasteiger partial charge >= 0.3 is 11.9 Å². The minimum Gasteiger partial charge on any atom is -0.494 e. The summed E-state index contributed by atoms with van der Waals surface area (Å²) in [5, 5.41) is 0. The Morgan fingerprint density at radius 2 is 0.839 bits per heavy atom. The highest BCUT2D eigenvalue weighted by molar-refractivity contribution is 5.81. The fraction of sp³-hybridized carbons (Fsp3) is 0.348. The Bertz CT molecular complexity index is 1640. The first-order valence-electron chi connectivity index (χ1n) is 19.2. The molecule has 2 unspecified atom stereocenters. The average molecular weight is 765 g/mol. The Morgan fingerprint density at radius 1 is 0.500 bits per heavy atom. The number of esters is 2. The Balaban J connectivity index is 0.992. The summed E-state index contributed by atoms with van der Waals surface area (Å²) in [7, 11) is 0. The van der Waals surface area contributed by atoms with E-state index in [1.807, 2.05) is 72.8 Å². The second-order valence-electron chi connectivity index (χ2n) is 13.1. The van der Waals surface area contributed by atoms with E-state index in [0.29, 0.717) is 52.9 Å². The van der Waals surface area contributed by atoms with Gasteiger partial charge < -0.3 is 37.9 Å². The summed E-state index contributed by atoms with van der Waals surface area (Å²) >= 11 is 0. The molecule has 1 fully saturated rings. The van der Waals surface area contributed by atoms with Crippen molar-refractivity contribution in [2.75, 3.05) is 39.6 Å². The van der Waals surface area contributed by atoms with Gasteiger partial charge in [-0.25, -0.2) is 9.59 Å². The topological polar surface area (TPSA) is 108 Å². The molecule has 0 aromatic heterocycles. The van der Waals surface area contributed by atoms with Crippen LogP contribution >= 0.6 is 0 Å². The first-order valence-corrected chi connectivity index (χ1v) is 19.2. The lowest BCUT2D eigenvalue weighted by atomic mass is 10.0. The van der Waals surface area contributed by atoms with Gasteiger partial charge in [0.05, 0.1) is 52.9 Å². The number of rotatable bonds is 24. The van der Waals surface area contributed by atoms with Crippen LogP contribution in [0.25, 0.3) is 22.3 Å². The van der Waals surface area contributed by atoms with E-state index in [2.05, 4.69) is 37.4 Å². The van der Waals surface area contributed by atoms with Crippen LogP contribution in [0.2, 0.25) is 0 Å². The van der Waals surface area contributed by atoms with Crippen LogP contribution < -0.4 is 9.47 Å². The Kier molecular flexibility index (Phi) is 17.7. The lowest BCUT2D eigenvalue weighted by Gasteiger charge is -2.31. The van der Waals surface area contributed by atoms with E-state index < -0.39 is 12.6 Å². The highest BCUT2D eigenvalue weighted by atomic mass is 16.8. The molecule has 10 nitrogen and oxygen atoms in total. The first kappa shape index (κ1) is 41.9. The SMILES string of the molecule is C=CC(=O)OCCCCCOc1ccc(-c2ccc(COC3OCCOC3OCc3ccc(-c4ccc(OCCCCCOC(=O)C=C)cc4)cc3)cc2)cc1. The summed E-state index contributed by atoms with van der Waals surface area (Å²) in [6, 6.07) is 32.6. The van der Waals surface area contributed by atoms with E-state index in [9.17, 15) is 9.59 Å². The van der Waals surface area contributed by atoms with E-state index in [-0.39, 0.29) is 11.9 Å². The van der Waals surface area contributed by atoms with Gasteiger partial charge in [-0.1, -0.05) is 86.0 Å². The number of carbonyl (C=O) groups is 2.